The highest BCUT2D eigenvalue weighted by molar-refractivity contribution is 7.15. The molecule has 100 valence electrons. The van der Waals surface area contributed by atoms with Crippen molar-refractivity contribution in [1.82, 2.24) is 10.3 Å². The standard InChI is InChI=1S/C14H14Cl2N2S/c1-17-11-3-2-4-12-13(11)18-14(19-12)8-5-9(15)7-10(16)6-8/h5-7,11,17H,2-4H2,1H3. The van der Waals surface area contributed by atoms with E-state index in [0.717, 1.165) is 23.4 Å². The van der Waals surface area contributed by atoms with Gasteiger partial charge in [-0.05, 0) is 44.5 Å². The second-order valence-corrected chi connectivity index (χ2v) is 6.68. The molecule has 1 aliphatic carbocycles. The van der Waals surface area contributed by atoms with Crippen molar-refractivity contribution in [3.05, 3.63) is 38.8 Å². The van der Waals surface area contributed by atoms with Crippen LogP contribution >= 0.6 is 34.5 Å². The predicted octanol–water partition coefficient (Wildman–Crippen LogP) is 4.71. The summed E-state index contributed by atoms with van der Waals surface area (Å²) in [6.07, 6.45) is 3.50. The summed E-state index contributed by atoms with van der Waals surface area (Å²) in [5.41, 5.74) is 2.21. The summed E-state index contributed by atoms with van der Waals surface area (Å²) in [6, 6.07) is 5.97. The molecule has 0 bridgehead atoms. The molecule has 0 saturated heterocycles. The van der Waals surface area contributed by atoms with E-state index >= 15 is 0 Å². The maximum atomic E-state index is 6.06. The maximum absolute atomic E-state index is 6.06. The second kappa shape index (κ2) is 5.41. The largest absolute Gasteiger partial charge is 0.312 e. The Morgan fingerprint density at radius 2 is 2.00 bits per heavy atom. The number of halogens is 2. The van der Waals surface area contributed by atoms with Crippen molar-refractivity contribution in [3.63, 3.8) is 0 Å². The Hall–Kier alpha value is -0.610. The van der Waals surface area contributed by atoms with Crippen LogP contribution in [0.25, 0.3) is 10.6 Å². The maximum Gasteiger partial charge on any atom is 0.124 e. The van der Waals surface area contributed by atoms with Crippen LogP contribution in [0.1, 0.15) is 29.5 Å². The monoisotopic (exact) mass is 312 g/mol. The Morgan fingerprint density at radius 1 is 1.26 bits per heavy atom. The van der Waals surface area contributed by atoms with Crippen molar-refractivity contribution in [2.45, 2.75) is 25.3 Å². The molecule has 1 N–H and O–H groups in total. The molecular formula is C14H14Cl2N2S. The normalized spacial score (nSPS) is 18.4. The summed E-state index contributed by atoms with van der Waals surface area (Å²) >= 11 is 13.9. The van der Waals surface area contributed by atoms with Crippen LogP contribution in [0.15, 0.2) is 18.2 Å². The Kier molecular flexibility index (Phi) is 3.81. The smallest absolute Gasteiger partial charge is 0.124 e. The van der Waals surface area contributed by atoms with E-state index in [4.69, 9.17) is 28.2 Å². The van der Waals surface area contributed by atoms with Crippen LogP contribution < -0.4 is 5.32 Å². The minimum Gasteiger partial charge on any atom is -0.312 e. The van der Waals surface area contributed by atoms with Gasteiger partial charge in [-0.1, -0.05) is 23.2 Å². The number of nitrogens with zero attached hydrogens (tertiary/aromatic N) is 1. The van der Waals surface area contributed by atoms with Crippen LogP contribution in [-0.4, -0.2) is 12.0 Å². The number of benzene rings is 1. The molecule has 2 nitrogen and oxygen atoms in total. The van der Waals surface area contributed by atoms with Crippen molar-refractivity contribution in [2.24, 2.45) is 0 Å². The first-order valence-corrected chi connectivity index (χ1v) is 7.88. The quantitative estimate of drug-likeness (QED) is 0.868. The third kappa shape index (κ3) is 2.65. The molecule has 2 aromatic rings. The SMILES string of the molecule is CNC1CCCc2sc(-c3cc(Cl)cc(Cl)c3)nc21. The van der Waals surface area contributed by atoms with Gasteiger partial charge in [-0.25, -0.2) is 4.98 Å². The van der Waals surface area contributed by atoms with E-state index in [9.17, 15) is 0 Å². The minimum atomic E-state index is 0.378. The molecule has 3 rings (SSSR count). The third-order valence-electron chi connectivity index (χ3n) is 3.41. The van der Waals surface area contributed by atoms with Gasteiger partial charge in [0.2, 0.25) is 0 Å². The van der Waals surface area contributed by atoms with Crippen molar-refractivity contribution < 1.29 is 0 Å². The molecular weight excluding hydrogens is 299 g/mol. The average Bonchev–Trinajstić information content (AvgIpc) is 2.81. The second-order valence-electron chi connectivity index (χ2n) is 4.72. The molecule has 19 heavy (non-hydrogen) atoms. The van der Waals surface area contributed by atoms with E-state index in [-0.39, 0.29) is 0 Å². The molecule has 0 spiro atoms. The number of nitrogens with one attached hydrogen (secondary N) is 1. The van der Waals surface area contributed by atoms with Crippen LogP contribution in [0, 0.1) is 0 Å². The van der Waals surface area contributed by atoms with Gasteiger partial charge in [0.25, 0.3) is 0 Å². The number of fused-ring (bicyclic) bond motifs is 1. The van der Waals surface area contributed by atoms with E-state index in [1.165, 1.54) is 17.0 Å². The number of rotatable bonds is 2. The fourth-order valence-corrected chi connectivity index (χ4v) is 4.18. The van der Waals surface area contributed by atoms with Crippen LogP contribution in [0.5, 0.6) is 0 Å². The van der Waals surface area contributed by atoms with Crippen LogP contribution in [0.3, 0.4) is 0 Å². The number of hydrogen-bond acceptors (Lipinski definition) is 3. The van der Waals surface area contributed by atoms with Gasteiger partial charge in [0.05, 0.1) is 11.7 Å². The number of aromatic nitrogens is 1. The third-order valence-corrected chi connectivity index (χ3v) is 5.03. The molecule has 5 heteroatoms. The first-order chi connectivity index (χ1) is 9.17. The number of thiazole rings is 1. The Bertz CT molecular complexity index is 589. The summed E-state index contributed by atoms with van der Waals surface area (Å²) in [4.78, 5) is 6.18. The zero-order valence-electron chi connectivity index (χ0n) is 10.5. The highest BCUT2D eigenvalue weighted by Crippen LogP contribution is 2.38. The van der Waals surface area contributed by atoms with Gasteiger partial charge in [0.1, 0.15) is 5.01 Å². The topological polar surface area (TPSA) is 24.9 Å². The minimum absolute atomic E-state index is 0.378. The van der Waals surface area contributed by atoms with Gasteiger partial charge in [0.15, 0.2) is 0 Å². The molecule has 1 aliphatic rings. The Morgan fingerprint density at radius 3 is 2.68 bits per heavy atom. The van der Waals surface area contributed by atoms with Crippen LogP contribution in [0.2, 0.25) is 10.0 Å². The van der Waals surface area contributed by atoms with Crippen molar-refractivity contribution in [2.75, 3.05) is 7.05 Å². The van der Waals surface area contributed by atoms with Crippen molar-refractivity contribution >= 4 is 34.5 Å². The highest BCUT2D eigenvalue weighted by Gasteiger charge is 2.23. The molecule has 1 aromatic heterocycles. The zero-order chi connectivity index (χ0) is 13.4. The summed E-state index contributed by atoms with van der Waals surface area (Å²) in [5.74, 6) is 0. The lowest BCUT2D eigenvalue weighted by Gasteiger charge is -2.19. The van der Waals surface area contributed by atoms with E-state index < -0.39 is 0 Å². The van der Waals surface area contributed by atoms with E-state index in [0.29, 0.717) is 16.1 Å². The molecule has 0 amide bonds. The predicted molar refractivity (Wildman–Crippen MR) is 82.3 cm³/mol. The summed E-state index contributed by atoms with van der Waals surface area (Å²) < 4.78 is 0. The lowest BCUT2D eigenvalue weighted by molar-refractivity contribution is 0.490. The summed E-state index contributed by atoms with van der Waals surface area (Å²) in [7, 11) is 2.00. The zero-order valence-corrected chi connectivity index (χ0v) is 12.9. The van der Waals surface area contributed by atoms with Crippen LogP contribution in [-0.2, 0) is 6.42 Å². The van der Waals surface area contributed by atoms with Crippen molar-refractivity contribution in [3.8, 4) is 10.6 Å². The average molecular weight is 313 g/mol. The molecule has 0 fully saturated rings. The fourth-order valence-electron chi connectivity index (χ4n) is 2.50. The lowest BCUT2D eigenvalue weighted by Crippen LogP contribution is -2.21. The van der Waals surface area contributed by atoms with Crippen LogP contribution in [0.4, 0.5) is 0 Å². The van der Waals surface area contributed by atoms with Gasteiger partial charge in [-0.2, -0.15) is 0 Å². The summed E-state index contributed by atoms with van der Waals surface area (Å²) in [6.45, 7) is 0. The molecule has 0 radical (unpaired) electrons. The van der Waals surface area contributed by atoms with E-state index in [1.54, 1.807) is 17.4 Å². The first kappa shape index (κ1) is 13.4. The Labute approximate surface area is 126 Å². The summed E-state index contributed by atoms with van der Waals surface area (Å²) in [5, 5.41) is 5.66. The number of aryl methyl sites for hydroxylation is 1. The first-order valence-electron chi connectivity index (χ1n) is 6.30. The Balaban J connectivity index is 2.04. The highest BCUT2D eigenvalue weighted by atomic mass is 35.5. The molecule has 0 aliphatic heterocycles. The van der Waals surface area contributed by atoms with Gasteiger partial charge >= 0.3 is 0 Å². The molecule has 1 heterocycles. The number of hydrogen-bond donors (Lipinski definition) is 1. The molecule has 1 unspecified atom stereocenters. The van der Waals surface area contributed by atoms with E-state index in [1.807, 2.05) is 19.2 Å². The van der Waals surface area contributed by atoms with Gasteiger partial charge in [0, 0.05) is 20.5 Å². The van der Waals surface area contributed by atoms with Gasteiger partial charge in [-0.15, -0.1) is 11.3 Å². The molecule has 0 saturated carbocycles. The van der Waals surface area contributed by atoms with Crippen molar-refractivity contribution in [1.29, 1.82) is 0 Å². The van der Waals surface area contributed by atoms with E-state index in [2.05, 4.69) is 5.32 Å². The fraction of sp³-hybridized carbons (Fsp3) is 0.357. The lowest BCUT2D eigenvalue weighted by atomic mass is 9.98. The van der Waals surface area contributed by atoms with Gasteiger partial charge in [-0.3, -0.25) is 0 Å². The molecule has 1 aromatic carbocycles. The van der Waals surface area contributed by atoms with Gasteiger partial charge < -0.3 is 5.32 Å². The molecule has 1 atom stereocenters.